The molecule has 6 heteroatoms. The zero-order valence-electron chi connectivity index (χ0n) is 7.52. The molecule has 0 radical (unpaired) electrons. The number of anilines is 1. The minimum atomic E-state index is -0.575. The second kappa shape index (κ2) is 3.22. The van der Waals surface area contributed by atoms with Crippen LogP contribution in [-0.4, -0.2) is 10.9 Å². The van der Waals surface area contributed by atoms with Crippen LogP contribution < -0.4 is 11.5 Å². The largest absolute Gasteiger partial charge is 0.397 e. The van der Waals surface area contributed by atoms with Crippen molar-refractivity contribution in [2.75, 3.05) is 5.73 Å². The highest BCUT2D eigenvalue weighted by Crippen LogP contribution is 2.31. The monoisotopic (exact) mass is 218 g/mol. The summed E-state index contributed by atoms with van der Waals surface area (Å²) in [7, 11) is 0. The summed E-state index contributed by atoms with van der Waals surface area (Å²) in [4.78, 5) is 15.9. The fraction of sp³-hybridized carbons (Fsp3) is 0. The molecule has 1 amide bonds. The number of fused-ring (bicyclic) bond motifs is 1. The van der Waals surface area contributed by atoms with Crippen LogP contribution in [0, 0.1) is 11.3 Å². The van der Waals surface area contributed by atoms with Crippen LogP contribution in [-0.2, 0) is 0 Å². The van der Waals surface area contributed by atoms with Gasteiger partial charge in [0, 0.05) is 5.39 Å². The van der Waals surface area contributed by atoms with Crippen molar-refractivity contribution in [2.45, 2.75) is 0 Å². The second-order valence-electron chi connectivity index (χ2n) is 2.87. The van der Waals surface area contributed by atoms with Crippen molar-refractivity contribution in [2.24, 2.45) is 5.73 Å². The van der Waals surface area contributed by atoms with Gasteiger partial charge in [-0.2, -0.15) is 5.26 Å². The molecule has 2 rings (SSSR count). The standard InChI is InChI=1S/C9H6N4OS/c10-3-4-1-2-5-6(11)7(8(12)14)15-9(5)13-4/h1-2H,11H2,(H2,12,14). The van der Waals surface area contributed by atoms with Crippen LogP contribution in [0.4, 0.5) is 5.69 Å². The molecule has 74 valence electrons. The van der Waals surface area contributed by atoms with Crippen LogP contribution in [0.15, 0.2) is 12.1 Å². The Kier molecular flexibility index (Phi) is 2.02. The van der Waals surface area contributed by atoms with Crippen LogP contribution in [0.5, 0.6) is 0 Å². The molecule has 0 atom stereocenters. The Hall–Kier alpha value is -2.13. The van der Waals surface area contributed by atoms with Crippen LogP contribution >= 0.6 is 11.3 Å². The number of rotatable bonds is 1. The molecule has 5 nitrogen and oxygen atoms in total. The van der Waals surface area contributed by atoms with E-state index in [9.17, 15) is 4.79 Å². The predicted molar refractivity (Wildman–Crippen MR) is 57.3 cm³/mol. The van der Waals surface area contributed by atoms with Gasteiger partial charge in [-0.25, -0.2) is 4.98 Å². The Morgan fingerprint density at radius 1 is 1.53 bits per heavy atom. The zero-order valence-corrected chi connectivity index (χ0v) is 8.34. The van der Waals surface area contributed by atoms with Gasteiger partial charge >= 0.3 is 0 Å². The molecular formula is C9H6N4OS. The number of carbonyl (C=O) groups is 1. The maximum Gasteiger partial charge on any atom is 0.260 e. The number of nitrogens with zero attached hydrogens (tertiary/aromatic N) is 2. The fourth-order valence-electron chi connectivity index (χ4n) is 1.24. The lowest BCUT2D eigenvalue weighted by Crippen LogP contribution is -2.10. The number of hydrogen-bond acceptors (Lipinski definition) is 5. The molecule has 0 spiro atoms. The number of aromatic nitrogens is 1. The van der Waals surface area contributed by atoms with Gasteiger partial charge in [0.1, 0.15) is 21.5 Å². The van der Waals surface area contributed by atoms with Crippen molar-refractivity contribution in [3.05, 3.63) is 22.7 Å². The van der Waals surface area contributed by atoms with Gasteiger partial charge in [-0.1, -0.05) is 0 Å². The Labute approximate surface area is 88.9 Å². The molecule has 0 unspecified atom stereocenters. The number of pyridine rings is 1. The molecule has 0 aliphatic heterocycles. The molecular weight excluding hydrogens is 212 g/mol. The summed E-state index contributed by atoms with van der Waals surface area (Å²) in [6.45, 7) is 0. The maximum absolute atomic E-state index is 11.0. The zero-order chi connectivity index (χ0) is 11.0. The highest BCUT2D eigenvalue weighted by molar-refractivity contribution is 7.21. The smallest absolute Gasteiger partial charge is 0.260 e. The van der Waals surface area contributed by atoms with E-state index in [0.717, 1.165) is 11.3 Å². The average Bonchev–Trinajstić information content (AvgIpc) is 2.55. The van der Waals surface area contributed by atoms with Crippen molar-refractivity contribution in [3.63, 3.8) is 0 Å². The summed E-state index contributed by atoms with van der Waals surface area (Å²) in [5.74, 6) is -0.575. The lowest BCUT2D eigenvalue weighted by molar-refractivity contribution is 0.100. The summed E-state index contributed by atoms with van der Waals surface area (Å²) in [6.07, 6.45) is 0. The van der Waals surface area contributed by atoms with E-state index in [1.807, 2.05) is 6.07 Å². The predicted octanol–water partition coefficient (Wildman–Crippen LogP) is 0.849. The summed E-state index contributed by atoms with van der Waals surface area (Å²) in [5.41, 5.74) is 11.5. The highest BCUT2D eigenvalue weighted by Gasteiger charge is 2.14. The second-order valence-corrected chi connectivity index (χ2v) is 3.87. The molecule has 0 aliphatic rings. The molecule has 2 aromatic rings. The Bertz CT molecular complexity index is 596. The summed E-state index contributed by atoms with van der Waals surface area (Å²) < 4.78 is 0. The normalized spacial score (nSPS) is 10.1. The van der Waals surface area contributed by atoms with E-state index in [2.05, 4.69) is 4.98 Å². The van der Waals surface area contributed by atoms with Gasteiger partial charge in [0.15, 0.2) is 0 Å². The van der Waals surface area contributed by atoms with Crippen LogP contribution in [0.2, 0.25) is 0 Å². The van der Waals surface area contributed by atoms with Gasteiger partial charge in [0.2, 0.25) is 0 Å². The van der Waals surface area contributed by atoms with Crippen LogP contribution in [0.1, 0.15) is 15.4 Å². The summed E-state index contributed by atoms with van der Waals surface area (Å²) in [5, 5.41) is 9.31. The molecule has 0 bridgehead atoms. The molecule has 0 fully saturated rings. The molecule has 2 heterocycles. The number of carbonyl (C=O) groups excluding carboxylic acids is 1. The molecule has 0 aromatic carbocycles. The Morgan fingerprint density at radius 2 is 2.27 bits per heavy atom. The molecule has 0 saturated carbocycles. The lowest BCUT2D eigenvalue weighted by Gasteiger charge is -1.92. The molecule has 2 aromatic heterocycles. The third kappa shape index (κ3) is 1.39. The molecule has 0 aliphatic carbocycles. The van der Waals surface area contributed by atoms with Gasteiger partial charge in [-0.3, -0.25) is 4.79 Å². The van der Waals surface area contributed by atoms with Gasteiger partial charge in [0.25, 0.3) is 5.91 Å². The Morgan fingerprint density at radius 3 is 2.87 bits per heavy atom. The van der Waals surface area contributed by atoms with Crippen LogP contribution in [0.3, 0.4) is 0 Å². The first kappa shape index (κ1) is 9.43. The quantitative estimate of drug-likeness (QED) is 0.739. The van der Waals surface area contributed by atoms with Gasteiger partial charge in [-0.15, -0.1) is 11.3 Å². The van der Waals surface area contributed by atoms with E-state index in [1.54, 1.807) is 12.1 Å². The molecule has 4 N–H and O–H groups in total. The number of primary amides is 1. The first-order valence-electron chi connectivity index (χ1n) is 4.02. The SMILES string of the molecule is N#Cc1ccc2c(N)c(C(N)=O)sc2n1. The number of nitrogen functional groups attached to an aromatic ring is 1. The minimum Gasteiger partial charge on any atom is -0.397 e. The highest BCUT2D eigenvalue weighted by atomic mass is 32.1. The third-order valence-corrected chi connectivity index (χ3v) is 3.06. The number of nitrogens with two attached hydrogens (primary N) is 2. The number of nitriles is 1. The van der Waals surface area contributed by atoms with Gasteiger partial charge in [-0.05, 0) is 12.1 Å². The first-order chi connectivity index (χ1) is 7.13. The van der Waals surface area contributed by atoms with Crippen molar-refractivity contribution >= 4 is 33.1 Å². The van der Waals surface area contributed by atoms with E-state index in [-0.39, 0.29) is 4.88 Å². The minimum absolute atomic E-state index is 0.285. The first-order valence-corrected chi connectivity index (χ1v) is 4.84. The van der Waals surface area contributed by atoms with Crippen LogP contribution in [0.25, 0.3) is 10.2 Å². The van der Waals surface area contributed by atoms with Crippen molar-refractivity contribution in [3.8, 4) is 6.07 Å². The van der Waals surface area contributed by atoms with Crippen molar-refractivity contribution in [1.82, 2.24) is 4.98 Å². The molecule has 0 saturated heterocycles. The Balaban J connectivity index is 2.77. The topological polar surface area (TPSA) is 106 Å². The van der Waals surface area contributed by atoms with Gasteiger partial charge < -0.3 is 11.5 Å². The molecule has 15 heavy (non-hydrogen) atoms. The summed E-state index contributed by atoms with van der Waals surface area (Å²) >= 11 is 1.10. The van der Waals surface area contributed by atoms with E-state index in [0.29, 0.717) is 21.6 Å². The van der Waals surface area contributed by atoms with E-state index in [4.69, 9.17) is 16.7 Å². The van der Waals surface area contributed by atoms with E-state index >= 15 is 0 Å². The van der Waals surface area contributed by atoms with E-state index in [1.165, 1.54) is 0 Å². The summed E-state index contributed by atoms with van der Waals surface area (Å²) in [6, 6.07) is 5.13. The number of amides is 1. The average molecular weight is 218 g/mol. The number of thiophene rings is 1. The fourth-order valence-corrected chi connectivity index (χ4v) is 2.19. The van der Waals surface area contributed by atoms with E-state index < -0.39 is 5.91 Å². The van der Waals surface area contributed by atoms with Gasteiger partial charge in [0.05, 0.1) is 5.69 Å². The lowest BCUT2D eigenvalue weighted by atomic mass is 10.2. The number of hydrogen-bond donors (Lipinski definition) is 2. The third-order valence-electron chi connectivity index (χ3n) is 1.93. The van der Waals surface area contributed by atoms with Crippen molar-refractivity contribution in [1.29, 1.82) is 5.26 Å². The van der Waals surface area contributed by atoms with Crippen molar-refractivity contribution < 1.29 is 4.79 Å². The maximum atomic E-state index is 11.0.